The molecule has 0 saturated carbocycles. The summed E-state index contributed by atoms with van der Waals surface area (Å²) in [4.78, 5) is 2.38. The van der Waals surface area contributed by atoms with E-state index in [9.17, 15) is 0 Å². The van der Waals surface area contributed by atoms with Crippen molar-refractivity contribution in [2.75, 3.05) is 25.5 Å². The lowest BCUT2D eigenvalue weighted by molar-refractivity contribution is 0.403. The van der Waals surface area contributed by atoms with Gasteiger partial charge in [-0.2, -0.15) is 0 Å². The van der Waals surface area contributed by atoms with Gasteiger partial charge in [0.15, 0.2) is 0 Å². The molecule has 1 fully saturated rings. The lowest BCUT2D eigenvalue weighted by atomic mass is 10.2. The Balaban J connectivity index is 0.000000640. The minimum absolute atomic E-state index is 0. The largest absolute Gasteiger partial charge is 0.306 e. The number of halogens is 2. The first kappa shape index (κ1) is 9.92. The highest BCUT2D eigenvalue weighted by atomic mass is 79.9. The van der Waals surface area contributed by atoms with E-state index in [1.807, 2.05) is 0 Å². The van der Waals surface area contributed by atoms with E-state index < -0.39 is 0 Å². The molecule has 56 valence electrons. The van der Waals surface area contributed by atoms with Crippen LogP contribution in [0.1, 0.15) is 6.42 Å². The molecule has 0 radical (unpaired) electrons. The number of nitrogens with zero attached hydrogens (tertiary/aromatic N) is 1. The number of likely N-dealkylation sites (tertiary alicyclic amines) is 1. The summed E-state index contributed by atoms with van der Waals surface area (Å²) in [5.74, 6) is 0.917. The normalized spacial score (nSPS) is 28.0. The van der Waals surface area contributed by atoms with Crippen molar-refractivity contribution in [2.24, 2.45) is 5.92 Å². The summed E-state index contributed by atoms with van der Waals surface area (Å²) in [6.45, 7) is 2.57. The molecule has 1 aliphatic rings. The van der Waals surface area contributed by atoms with E-state index in [1.54, 1.807) is 0 Å². The van der Waals surface area contributed by atoms with Gasteiger partial charge >= 0.3 is 0 Å². The summed E-state index contributed by atoms with van der Waals surface area (Å²) in [6, 6.07) is 0. The van der Waals surface area contributed by atoms with Gasteiger partial charge in [0.25, 0.3) is 0 Å². The van der Waals surface area contributed by atoms with Gasteiger partial charge in [0, 0.05) is 11.9 Å². The molecule has 0 aliphatic carbocycles. The van der Waals surface area contributed by atoms with Crippen LogP contribution in [-0.4, -0.2) is 30.4 Å². The Morgan fingerprint density at radius 3 is 2.56 bits per heavy atom. The number of rotatable bonds is 1. The van der Waals surface area contributed by atoms with Crippen molar-refractivity contribution in [3.8, 4) is 0 Å². The molecule has 1 nitrogen and oxygen atoms in total. The molecule has 0 N–H and O–H groups in total. The summed E-state index contributed by atoms with van der Waals surface area (Å²) < 4.78 is 0. The SMILES string of the molecule is Br.CN1CC[C@H](CBr)C1. The van der Waals surface area contributed by atoms with Crippen molar-refractivity contribution in [3.63, 3.8) is 0 Å². The molecule has 1 rings (SSSR count). The zero-order valence-electron chi connectivity index (χ0n) is 5.64. The second kappa shape index (κ2) is 4.69. The van der Waals surface area contributed by atoms with Crippen molar-refractivity contribution in [1.29, 1.82) is 0 Å². The lowest BCUT2D eigenvalue weighted by Crippen LogP contribution is -2.14. The molecule has 0 amide bonds. The topological polar surface area (TPSA) is 3.24 Å². The third kappa shape index (κ3) is 3.01. The molecule has 9 heavy (non-hydrogen) atoms. The van der Waals surface area contributed by atoms with Crippen molar-refractivity contribution in [1.82, 2.24) is 4.90 Å². The van der Waals surface area contributed by atoms with E-state index in [0.717, 1.165) is 5.92 Å². The maximum absolute atomic E-state index is 3.48. The first-order valence-corrected chi connectivity index (χ1v) is 4.19. The van der Waals surface area contributed by atoms with Crippen molar-refractivity contribution in [2.45, 2.75) is 6.42 Å². The van der Waals surface area contributed by atoms with E-state index in [4.69, 9.17) is 0 Å². The average Bonchev–Trinajstić information content (AvgIpc) is 2.14. The average molecular weight is 259 g/mol. The molecule has 1 aliphatic heterocycles. The Morgan fingerprint density at radius 2 is 2.33 bits per heavy atom. The fourth-order valence-corrected chi connectivity index (χ4v) is 1.68. The summed E-state index contributed by atoms with van der Waals surface area (Å²) in [5.41, 5.74) is 0. The van der Waals surface area contributed by atoms with Crippen LogP contribution in [0.5, 0.6) is 0 Å². The van der Waals surface area contributed by atoms with Crippen LogP contribution in [0.15, 0.2) is 0 Å². The smallest absolute Gasteiger partial charge is 0.00723 e. The van der Waals surface area contributed by atoms with E-state index >= 15 is 0 Å². The van der Waals surface area contributed by atoms with E-state index in [1.165, 1.54) is 24.8 Å². The minimum Gasteiger partial charge on any atom is -0.306 e. The highest BCUT2D eigenvalue weighted by Crippen LogP contribution is 2.15. The van der Waals surface area contributed by atoms with Gasteiger partial charge in [0.05, 0.1) is 0 Å². The minimum atomic E-state index is 0. The van der Waals surface area contributed by atoms with Crippen LogP contribution < -0.4 is 0 Å². The lowest BCUT2D eigenvalue weighted by Gasteiger charge is -2.05. The van der Waals surface area contributed by atoms with Gasteiger partial charge in [-0.1, -0.05) is 15.9 Å². The van der Waals surface area contributed by atoms with Crippen LogP contribution in [0.4, 0.5) is 0 Å². The van der Waals surface area contributed by atoms with Gasteiger partial charge in [-0.15, -0.1) is 17.0 Å². The monoisotopic (exact) mass is 257 g/mol. The standard InChI is InChI=1S/C6H12BrN.BrH/c1-8-3-2-6(4-7)5-8;/h6H,2-5H2,1H3;1H/t6-;/m1./s1. The van der Waals surface area contributed by atoms with Crippen LogP contribution in [0.2, 0.25) is 0 Å². The van der Waals surface area contributed by atoms with Gasteiger partial charge in [-0.3, -0.25) is 0 Å². The molecule has 0 unspecified atom stereocenters. The van der Waals surface area contributed by atoms with Crippen LogP contribution in [0, 0.1) is 5.92 Å². The third-order valence-corrected chi connectivity index (χ3v) is 2.62. The van der Waals surface area contributed by atoms with E-state index in [-0.39, 0.29) is 17.0 Å². The van der Waals surface area contributed by atoms with Gasteiger partial charge in [0.1, 0.15) is 0 Å². The fourth-order valence-electron chi connectivity index (χ4n) is 1.15. The second-order valence-electron chi connectivity index (χ2n) is 2.57. The first-order chi connectivity index (χ1) is 3.83. The van der Waals surface area contributed by atoms with Gasteiger partial charge < -0.3 is 4.90 Å². The van der Waals surface area contributed by atoms with Gasteiger partial charge in [-0.25, -0.2) is 0 Å². The van der Waals surface area contributed by atoms with Gasteiger partial charge in [-0.05, 0) is 25.9 Å². The maximum Gasteiger partial charge on any atom is 0.00723 e. The molecular weight excluding hydrogens is 246 g/mol. The molecule has 0 aromatic rings. The summed E-state index contributed by atoms with van der Waals surface area (Å²) in [7, 11) is 2.18. The highest BCUT2D eigenvalue weighted by Gasteiger charge is 2.17. The highest BCUT2D eigenvalue weighted by molar-refractivity contribution is 9.09. The van der Waals surface area contributed by atoms with Crippen LogP contribution in [0.25, 0.3) is 0 Å². The second-order valence-corrected chi connectivity index (χ2v) is 3.22. The number of alkyl halides is 1. The summed E-state index contributed by atoms with van der Waals surface area (Å²) in [5, 5.41) is 1.18. The summed E-state index contributed by atoms with van der Waals surface area (Å²) >= 11 is 3.48. The molecule has 3 heteroatoms. The Kier molecular flexibility index (Phi) is 5.17. The molecule has 0 aromatic carbocycles. The van der Waals surface area contributed by atoms with Crippen molar-refractivity contribution in [3.05, 3.63) is 0 Å². The Bertz CT molecular complexity index is 77.5. The zero-order chi connectivity index (χ0) is 5.98. The predicted octanol–water partition coefficient (Wildman–Crippen LogP) is 1.91. The molecule has 0 aromatic heterocycles. The van der Waals surface area contributed by atoms with Crippen LogP contribution >= 0.6 is 32.9 Å². The molecule has 1 atom stereocenters. The van der Waals surface area contributed by atoms with Crippen LogP contribution in [0.3, 0.4) is 0 Å². The maximum atomic E-state index is 3.48. The number of hydrogen-bond donors (Lipinski definition) is 0. The van der Waals surface area contributed by atoms with E-state index in [0.29, 0.717) is 0 Å². The molecule has 1 heterocycles. The fraction of sp³-hybridized carbons (Fsp3) is 1.00. The van der Waals surface area contributed by atoms with E-state index in [2.05, 4.69) is 27.9 Å². The first-order valence-electron chi connectivity index (χ1n) is 3.07. The Labute approximate surface area is 75.7 Å². The van der Waals surface area contributed by atoms with Crippen molar-refractivity contribution < 1.29 is 0 Å². The third-order valence-electron chi connectivity index (χ3n) is 1.71. The zero-order valence-corrected chi connectivity index (χ0v) is 8.94. The quantitative estimate of drug-likeness (QED) is 0.650. The van der Waals surface area contributed by atoms with Crippen molar-refractivity contribution >= 4 is 32.9 Å². The molecular formula is C6H13Br2N. The predicted molar refractivity (Wildman–Crippen MR) is 49.7 cm³/mol. The van der Waals surface area contributed by atoms with Crippen LogP contribution in [-0.2, 0) is 0 Å². The molecule has 1 saturated heterocycles. The number of hydrogen-bond acceptors (Lipinski definition) is 1. The Morgan fingerprint density at radius 1 is 1.67 bits per heavy atom. The summed E-state index contributed by atoms with van der Waals surface area (Å²) in [6.07, 6.45) is 1.38. The Hall–Kier alpha value is 0.920. The molecule has 0 bridgehead atoms. The van der Waals surface area contributed by atoms with Gasteiger partial charge in [0.2, 0.25) is 0 Å². The molecule has 0 spiro atoms.